The SMILES string of the molecule is C=CP(C=C)c1c(-c2c(C)cc(C)cc2C)cccc1-c1c(C)cc(C)cc1C. The summed E-state index contributed by atoms with van der Waals surface area (Å²) in [6.45, 7) is 21.5. The zero-order chi connectivity index (χ0) is 21.3. The molecule has 0 unspecified atom stereocenters. The number of aryl methyl sites for hydroxylation is 6. The van der Waals surface area contributed by atoms with Gasteiger partial charge in [0, 0.05) is 0 Å². The fourth-order valence-electron chi connectivity index (χ4n) is 4.69. The Hall–Kier alpha value is -2.43. The van der Waals surface area contributed by atoms with Crippen molar-refractivity contribution in [2.24, 2.45) is 0 Å². The molecule has 3 aromatic rings. The fourth-order valence-corrected chi connectivity index (χ4v) is 6.14. The highest BCUT2D eigenvalue weighted by atomic mass is 31.1. The van der Waals surface area contributed by atoms with E-state index in [2.05, 4.69) is 109 Å². The van der Waals surface area contributed by atoms with Gasteiger partial charge in [0.25, 0.3) is 0 Å². The minimum atomic E-state index is -0.677. The highest BCUT2D eigenvalue weighted by molar-refractivity contribution is 7.72. The second-order valence-corrected chi connectivity index (χ2v) is 10.0. The van der Waals surface area contributed by atoms with Gasteiger partial charge in [0.05, 0.1) is 0 Å². The van der Waals surface area contributed by atoms with Crippen LogP contribution in [-0.4, -0.2) is 0 Å². The van der Waals surface area contributed by atoms with Crippen molar-refractivity contribution in [1.29, 1.82) is 0 Å². The van der Waals surface area contributed by atoms with Crippen molar-refractivity contribution >= 4 is 13.2 Å². The summed E-state index contributed by atoms with van der Waals surface area (Å²) in [6, 6.07) is 15.9. The molecule has 0 saturated carbocycles. The molecule has 0 heterocycles. The van der Waals surface area contributed by atoms with Gasteiger partial charge >= 0.3 is 0 Å². The summed E-state index contributed by atoms with van der Waals surface area (Å²) in [4.78, 5) is 0. The number of rotatable bonds is 5. The van der Waals surface area contributed by atoms with Crippen molar-refractivity contribution < 1.29 is 0 Å². The summed E-state index contributed by atoms with van der Waals surface area (Å²) >= 11 is 0. The molecular formula is C28H31P. The molecule has 0 saturated heterocycles. The molecular weight excluding hydrogens is 367 g/mol. The molecule has 0 N–H and O–H groups in total. The van der Waals surface area contributed by atoms with Crippen LogP contribution in [0, 0.1) is 41.5 Å². The van der Waals surface area contributed by atoms with Gasteiger partial charge in [0.2, 0.25) is 0 Å². The standard InChI is InChI=1S/C28H31P/c1-9-29(10-2)28-24(26-20(5)14-18(3)15-21(26)6)12-11-13-25(28)27-22(7)16-19(4)17-23(27)8/h9-17H,1-2H2,3-8H3. The molecule has 0 aliphatic rings. The average molecular weight is 399 g/mol. The Kier molecular flexibility index (Phi) is 6.25. The molecule has 1 heteroatoms. The number of hydrogen-bond donors (Lipinski definition) is 0. The van der Waals surface area contributed by atoms with Gasteiger partial charge < -0.3 is 0 Å². The molecule has 0 aliphatic heterocycles. The van der Waals surface area contributed by atoms with Crippen LogP contribution < -0.4 is 5.30 Å². The van der Waals surface area contributed by atoms with E-state index in [1.54, 1.807) is 0 Å². The Morgan fingerprint density at radius 2 is 0.966 bits per heavy atom. The van der Waals surface area contributed by atoms with Gasteiger partial charge in [-0.15, -0.1) is 0 Å². The second-order valence-electron chi connectivity index (χ2n) is 8.02. The zero-order valence-electron chi connectivity index (χ0n) is 18.6. The molecule has 3 rings (SSSR count). The van der Waals surface area contributed by atoms with Gasteiger partial charge in [-0.25, -0.2) is 0 Å². The third-order valence-corrected chi connectivity index (χ3v) is 7.37. The van der Waals surface area contributed by atoms with Crippen LogP contribution in [0.2, 0.25) is 0 Å². The average Bonchev–Trinajstić information content (AvgIpc) is 2.62. The highest BCUT2D eigenvalue weighted by Gasteiger charge is 2.21. The molecule has 0 nitrogen and oxygen atoms in total. The number of benzene rings is 3. The topological polar surface area (TPSA) is 0 Å². The Morgan fingerprint density at radius 3 is 1.28 bits per heavy atom. The summed E-state index contributed by atoms with van der Waals surface area (Å²) < 4.78 is 0. The summed E-state index contributed by atoms with van der Waals surface area (Å²) in [5, 5.41) is 1.36. The zero-order valence-corrected chi connectivity index (χ0v) is 19.5. The lowest BCUT2D eigenvalue weighted by molar-refractivity contribution is 1.32. The van der Waals surface area contributed by atoms with Crippen LogP contribution in [0.1, 0.15) is 33.4 Å². The van der Waals surface area contributed by atoms with Crippen LogP contribution in [0.5, 0.6) is 0 Å². The Balaban J connectivity index is 2.44. The van der Waals surface area contributed by atoms with Crippen LogP contribution in [0.3, 0.4) is 0 Å². The maximum Gasteiger partial charge on any atom is -0.000559 e. The van der Waals surface area contributed by atoms with E-state index in [9.17, 15) is 0 Å². The minimum Gasteiger partial charge on any atom is -0.0980 e. The van der Waals surface area contributed by atoms with E-state index in [1.165, 1.54) is 60.9 Å². The lowest BCUT2D eigenvalue weighted by Crippen LogP contribution is -2.10. The van der Waals surface area contributed by atoms with E-state index in [0.29, 0.717) is 0 Å². The summed E-state index contributed by atoms with van der Waals surface area (Å²) in [5.74, 6) is 4.14. The van der Waals surface area contributed by atoms with E-state index < -0.39 is 7.92 Å². The lowest BCUT2D eigenvalue weighted by atomic mass is 9.89. The van der Waals surface area contributed by atoms with E-state index in [4.69, 9.17) is 0 Å². The van der Waals surface area contributed by atoms with Gasteiger partial charge in [0.15, 0.2) is 0 Å². The Labute approximate surface area is 177 Å². The predicted molar refractivity (Wildman–Crippen MR) is 133 cm³/mol. The molecule has 0 spiro atoms. The van der Waals surface area contributed by atoms with E-state index in [-0.39, 0.29) is 0 Å². The van der Waals surface area contributed by atoms with Crippen LogP contribution in [0.4, 0.5) is 0 Å². The van der Waals surface area contributed by atoms with Crippen LogP contribution >= 0.6 is 7.92 Å². The maximum atomic E-state index is 4.15. The molecule has 0 aliphatic carbocycles. The van der Waals surface area contributed by atoms with Gasteiger partial charge in [-0.1, -0.05) is 78.4 Å². The van der Waals surface area contributed by atoms with Gasteiger partial charge in [-0.05, 0) is 99.3 Å². The normalized spacial score (nSPS) is 11.0. The van der Waals surface area contributed by atoms with Gasteiger partial charge in [0.1, 0.15) is 0 Å². The molecule has 0 fully saturated rings. The first-order chi connectivity index (χ1) is 13.8. The lowest BCUT2D eigenvalue weighted by Gasteiger charge is -2.24. The van der Waals surface area contributed by atoms with Crippen molar-refractivity contribution in [2.75, 3.05) is 0 Å². The van der Waals surface area contributed by atoms with Gasteiger partial charge in [-0.3, -0.25) is 0 Å². The Bertz CT molecular complexity index is 972. The van der Waals surface area contributed by atoms with Crippen molar-refractivity contribution in [3.63, 3.8) is 0 Å². The monoisotopic (exact) mass is 398 g/mol. The quantitative estimate of drug-likeness (QED) is 0.379. The predicted octanol–water partition coefficient (Wildman–Crippen LogP) is 8.27. The second kappa shape index (κ2) is 8.52. The van der Waals surface area contributed by atoms with E-state index >= 15 is 0 Å². The molecule has 0 radical (unpaired) electrons. The first kappa shape index (κ1) is 21.3. The molecule has 0 amide bonds. The van der Waals surface area contributed by atoms with Crippen LogP contribution in [-0.2, 0) is 0 Å². The van der Waals surface area contributed by atoms with E-state index in [0.717, 1.165) is 0 Å². The number of hydrogen-bond acceptors (Lipinski definition) is 0. The molecule has 148 valence electrons. The summed E-state index contributed by atoms with van der Waals surface area (Å²) in [5.41, 5.74) is 13.2. The third kappa shape index (κ3) is 4.00. The first-order valence-electron chi connectivity index (χ1n) is 10.1. The van der Waals surface area contributed by atoms with Crippen molar-refractivity contribution in [3.8, 4) is 22.3 Å². The van der Waals surface area contributed by atoms with Crippen molar-refractivity contribution in [3.05, 3.63) is 101 Å². The van der Waals surface area contributed by atoms with Crippen LogP contribution in [0.25, 0.3) is 22.3 Å². The summed E-state index contributed by atoms with van der Waals surface area (Å²) in [7, 11) is -0.677. The highest BCUT2D eigenvalue weighted by Crippen LogP contribution is 2.46. The molecule has 0 aromatic heterocycles. The smallest absolute Gasteiger partial charge is 0.000559 e. The fraction of sp³-hybridized carbons (Fsp3) is 0.214. The minimum absolute atomic E-state index is 0.677. The largest absolute Gasteiger partial charge is 0.0980 e. The van der Waals surface area contributed by atoms with Crippen LogP contribution in [0.15, 0.2) is 67.3 Å². The molecule has 0 atom stereocenters. The molecule has 0 bridgehead atoms. The van der Waals surface area contributed by atoms with E-state index in [1.807, 2.05) is 0 Å². The Morgan fingerprint density at radius 1 is 0.621 bits per heavy atom. The van der Waals surface area contributed by atoms with Crippen molar-refractivity contribution in [1.82, 2.24) is 0 Å². The summed E-state index contributed by atoms with van der Waals surface area (Å²) in [6.07, 6.45) is 0. The van der Waals surface area contributed by atoms with Gasteiger partial charge in [-0.2, -0.15) is 0 Å². The molecule has 3 aromatic carbocycles. The van der Waals surface area contributed by atoms with Crippen molar-refractivity contribution in [2.45, 2.75) is 41.5 Å². The maximum absolute atomic E-state index is 4.15. The third-order valence-electron chi connectivity index (χ3n) is 5.58. The first-order valence-corrected chi connectivity index (χ1v) is 11.6. The molecule has 29 heavy (non-hydrogen) atoms.